The smallest absolute Gasteiger partial charge is 0.191 e. The first kappa shape index (κ1) is 22.2. The van der Waals surface area contributed by atoms with E-state index in [1.165, 1.54) is 0 Å². The highest BCUT2D eigenvalue weighted by molar-refractivity contribution is 7.09. The predicted octanol–water partition coefficient (Wildman–Crippen LogP) is 3.86. The first-order valence-corrected chi connectivity index (χ1v) is 10.6. The molecule has 6 nitrogen and oxygen atoms in total. The minimum atomic E-state index is 0.457. The number of hydrogen-bond acceptors (Lipinski definition) is 5. The molecule has 0 spiro atoms. The number of methoxy groups -OCH3 is 1. The summed E-state index contributed by atoms with van der Waals surface area (Å²) in [5.41, 5.74) is 3.25. The largest absolute Gasteiger partial charge is 0.491 e. The molecule has 1 aromatic heterocycles. The molecule has 0 radical (unpaired) electrons. The van der Waals surface area contributed by atoms with E-state index in [0.717, 1.165) is 40.1 Å². The topological polar surface area (TPSA) is 67.8 Å². The Balaban J connectivity index is 2.02. The van der Waals surface area contributed by atoms with Gasteiger partial charge in [0, 0.05) is 30.5 Å². The Kier molecular flexibility index (Phi) is 9.23. The monoisotopic (exact) mass is 404 g/mol. The highest BCUT2D eigenvalue weighted by Crippen LogP contribution is 2.21. The number of aromatic nitrogens is 1. The normalized spacial score (nSPS) is 11.7. The van der Waals surface area contributed by atoms with E-state index in [1.807, 2.05) is 6.07 Å². The Morgan fingerprint density at radius 2 is 2.07 bits per heavy atom. The maximum absolute atomic E-state index is 5.86. The number of hydrogen-bond donors (Lipinski definition) is 2. The number of benzene rings is 1. The molecule has 7 heteroatoms. The van der Waals surface area contributed by atoms with Crippen LogP contribution in [-0.2, 0) is 17.8 Å². The van der Waals surface area contributed by atoms with Crippen molar-refractivity contribution < 1.29 is 9.47 Å². The van der Waals surface area contributed by atoms with Crippen LogP contribution in [0.3, 0.4) is 0 Å². The average Bonchev–Trinajstić information content (AvgIpc) is 3.15. The molecule has 0 bridgehead atoms. The van der Waals surface area contributed by atoms with Crippen molar-refractivity contribution in [1.82, 2.24) is 15.6 Å². The molecule has 2 rings (SSSR count). The lowest BCUT2D eigenvalue weighted by molar-refractivity contribution is 0.145. The Hall–Kier alpha value is -2.12. The van der Waals surface area contributed by atoms with Gasteiger partial charge in [-0.3, -0.25) is 0 Å². The Labute approximate surface area is 172 Å². The van der Waals surface area contributed by atoms with Crippen molar-refractivity contribution in [3.05, 3.63) is 45.4 Å². The number of ether oxygens (including phenoxy) is 2. The quantitative estimate of drug-likeness (QED) is 0.358. The Bertz CT molecular complexity index is 759. The first-order chi connectivity index (χ1) is 13.5. The van der Waals surface area contributed by atoms with Crippen LogP contribution in [0.2, 0.25) is 0 Å². The summed E-state index contributed by atoms with van der Waals surface area (Å²) in [6.45, 7) is 11.5. The third-order valence-corrected chi connectivity index (χ3v) is 5.21. The number of aryl methyl sites for hydroxylation is 1. The van der Waals surface area contributed by atoms with Gasteiger partial charge in [-0.15, -0.1) is 11.3 Å². The van der Waals surface area contributed by atoms with E-state index in [0.29, 0.717) is 32.2 Å². The second-order valence-electron chi connectivity index (χ2n) is 6.83. The van der Waals surface area contributed by atoms with Crippen LogP contribution in [0.25, 0.3) is 0 Å². The number of nitrogens with zero attached hydrogens (tertiary/aromatic N) is 2. The van der Waals surface area contributed by atoms with Crippen LogP contribution in [0, 0.1) is 6.92 Å². The van der Waals surface area contributed by atoms with Crippen molar-refractivity contribution in [3.63, 3.8) is 0 Å². The Morgan fingerprint density at radius 3 is 2.75 bits per heavy atom. The predicted molar refractivity (Wildman–Crippen MR) is 116 cm³/mol. The summed E-state index contributed by atoms with van der Waals surface area (Å²) < 4.78 is 10.9. The zero-order chi connectivity index (χ0) is 20.4. The fourth-order valence-electron chi connectivity index (χ4n) is 2.51. The maximum atomic E-state index is 5.86. The summed E-state index contributed by atoms with van der Waals surface area (Å²) in [5.74, 6) is 2.08. The van der Waals surface area contributed by atoms with E-state index in [2.05, 4.69) is 60.8 Å². The molecule has 0 aliphatic rings. The second kappa shape index (κ2) is 11.7. The summed E-state index contributed by atoms with van der Waals surface area (Å²) >= 11 is 1.71. The van der Waals surface area contributed by atoms with Crippen molar-refractivity contribution in [3.8, 4) is 5.75 Å². The maximum Gasteiger partial charge on any atom is 0.191 e. The summed E-state index contributed by atoms with van der Waals surface area (Å²) in [6.07, 6.45) is 0. The van der Waals surface area contributed by atoms with Gasteiger partial charge in [-0.25, -0.2) is 9.98 Å². The minimum Gasteiger partial charge on any atom is -0.491 e. The van der Waals surface area contributed by atoms with Gasteiger partial charge in [-0.05, 0) is 25.5 Å². The van der Waals surface area contributed by atoms with Crippen LogP contribution >= 0.6 is 11.3 Å². The summed E-state index contributed by atoms with van der Waals surface area (Å²) in [7, 11) is 1.67. The van der Waals surface area contributed by atoms with Gasteiger partial charge in [0.05, 0.1) is 30.4 Å². The number of guanidine groups is 1. The molecule has 0 fully saturated rings. The third-order valence-electron chi connectivity index (χ3n) is 4.02. The molecule has 2 N–H and O–H groups in total. The van der Waals surface area contributed by atoms with Gasteiger partial charge in [0.15, 0.2) is 5.96 Å². The third kappa shape index (κ3) is 7.13. The zero-order valence-corrected chi connectivity index (χ0v) is 18.4. The lowest BCUT2D eigenvalue weighted by Crippen LogP contribution is -2.36. The Morgan fingerprint density at radius 1 is 1.25 bits per heavy atom. The minimum absolute atomic E-state index is 0.457. The molecule has 0 saturated carbocycles. The lowest BCUT2D eigenvalue weighted by Gasteiger charge is -2.13. The van der Waals surface area contributed by atoms with Gasteiger partial charge in [0.2, 0.25) is 0 Å². The van der Waals surface area contributed by atoms with E-state index < -0.39 is 0 Å². The number of thiazole rings is 1. The second-order valence-corrected chi connectivity index (χ2v) is 7.72. The fourth-order valence-corrected chi connectivity index (χ4v) is 3.35. The van der Waals surface area contributed by atoms with Crippen LogP contribution in [0.4, 0.5) is 0 Å². The molecule has 0 saturated heterocycles. The van der Waals surface area contributed by atoms with Crippen molar-refractivity contribution in [2.45, 2.75) is 46.7 Å². The van der Waals surface area contributed by atoms with Crippen molar-refractivity contribution in [2.75, 3.05) is 26.9 Å². The molecular weight excluding hydrogens is 372 g/mol. The van der Waals surface area contributed by atoms with E-state index in [4.69, 9.17) is 14.5 Å². The van der Waals surface area contributed by atoms with Gasteiger partial charge in [-0.2, -0.15) is 0 Å². The van der Waals surface area contributed by atoms with Gasteiger partial charge < -0.3 is 20.1 Å². The van der Waals surface area contributed by atoms with Crippen molar-refractivity contribution >= 4 is 17.3 Å². The molecule has 28 heavy (non-hydrogen) atoms. The van der Waals surface area contributed by atoms with E-state index >= 15 is 0 Å². The zero-order valence-electron chi connectivity index (χ0n) is 17.5. The molecule has 0 aliphatic heterocycles. The van der Waals surface area contributed by atoms with E-state index in [-0.39, 0.29) is 0 Å². The van der Waals surface area contributed by atoms with Crippen LogP contribution in [0.1, 0.15) is 48.5 Å². The number of nitrogens with one attached hydrogen (secondary N) is 2. The number of rotatable bonds is 10. The van der Waals surface area contributed by atoms with E-state index in [9.17, 15) is 0 Å². The molecule has 1 aromatic carbocycles. The van der Waals surface area contributed by atoms with Gasteiger partial charge in [-0.1, -0.05) is 26.0 Å². The molecular formula is C21H32N4O2S. The molecule has 154 valence electrons. The van der Waals surface area contributed by atoms with Crippen LogP contribution in [0.5, 0.6) is 5.75 Å². The number of aliphatic imine (C=N–C) groups is 1. The summed E-state index contributed by atoms with van der Waals surface area (Å²) in [6, 6.07) is 6.20. The summed E-state index contributed by atoms with van der Waals surface area (Å²) in [4.78, 5) is 9.39. The van der Waals surface area contributed by atoms with Crippen molar-refractivity contribution in [1.29, 1.82) is 0 Å². The highest BCUT2D eigenvalue weighted by Gasteiger charge is 2.08. The fraction of sp³-hybridized carbons (Fsp3) is 0.524. The van der Waals surface area contributed by atoms with Crippen LogP contribution < -0.4 is 15.4 Å². The molecule has 1 heterocycles. The van der Waals surface area contributed by atoms with Gasteiger partial charge in [0.1, 0.15) is 12.4 Å². The van der Waals surface area contributed by atoms with E-state index in [1.54, 1.807) is 18.4 Å². The first-order valence-electron chi connectivity index (χ1n) is 9.71. The molecule has 0 atom stereocenters. The highest BCUT2D eigenvalue weighted by atomic mass is 32.1. The van der Waals surface area contributed by atoms with Crippen LogP contribution in [-0.4, -0.2) is 37.8 Å². The molecule has 0 unspecified atom stereocenters. The molecule has 0 amide bonds. The standard InChI is InChI=1S/C21H32N4O2S/c1-6-22-21(24-13-18-14-28-20(25-18)15(2)3)23-12-17-8-7-16(4)11-19(17)27-10-9-26-5/h7-8,11,14-15H,6,9-10,12-13H2,1-5H3,(H2,22,23,24). The van der Waals surface area contributed by atoms with Crippen LogP contribution in [0.15, 0.2) is 28.6 Å². The summed E-state index contributed by atoms with van der Waals surface area (Å²) in [5, 5.41) is 9.92. The average molecular weight is 405 g/mol. The van der Waals surface area contributed by atoms with Gasteiger partial charge in [0.25, 0.3) is 0 Å². The molecule has 2 aromatic rings. The molecule has 0 aliphatic carbocycles. The lowest BCUT2D eigenvalue weighted by atomic mass is 10.1. The van der Waals surface area contributed by atoms with Gasteiger partial charge >= 0.3 is 0 Å². The SMILES string of the molecule is CCNC(=NCc1ccc(C)cc1OCCOC)NCc1csc(C(C)C)n1. The van der Waals surface area contributed by atoms with Crippen molar-refractivity contribution in [2.24, 2.45) is 4.99 Å².